The molecule has 1 atom stereocenters. The van der Waals surface area contributed by atoms with Crippen LogP contribution in [0.5, 0.6) is 5.88 Å². The van der Waals surface area contributed by atoms with Crippen LogP contribution in [0.15, 0.2) is 24.4 Å². The number of rotatable bonds is 2. The van der Waals surface area contributed by atoms with Crippen molar-refractivity contribution >= 4 is 5.52 Å². The monoisotopic (exact) mass is 245 g/mol. The molecule has 96 valence electrons. The molecule has 0 aliphatic carbocycles. The average molecular weight is 245 g/mol. The summed E-state index contributed by atoms with van der Waals surface area (Å²) < 4.78 is 1.88. The van der Waals surface area contributed by atoms with Crippen molar-refractivity contribution in [1.29, 1.82) is 0 Å². The van der Waals surface area contributed by atoms with Gasteiger partial charge in [-0.15, -0.1) is 0 Å². The molecule has 1 fully saturated rings. The zero-order valence-corrected chi connectivity index (χ0v) is 10.7. The lowest BCUT2D eigenvalue weighted by Crippen LogP contribution is -2.34. The molecular formula is C14H19N3O. The number of likely N-dealkylation sites (N-methyl/N-ethyl adjacent to an activating group) is 1. The normalized spacial score (nSPS) is 21.5. The predicted molar refractivity (Wildman–Crippen MR) is 70.9 cm³/mol. The smallest absolute Gasteiger partial charge is 0.197 e. The summed E-state index contributed by atoms with van der Waals surface area (Å²) in [6.45, 7) is 5.52. The van der Waals surface area contributed by atoms with Gasteiger partial charge in [0.2, 0.25) is 0 Å². The van der Waals surface area contributed by atoms with Crippen LogP contribution in [-0.2, 0) is 0 Å². The Labute approximate surface area is 107 Å². The molecule has 0 spiro atoms. The summed E-state index contributed by atoms with van der Waals surface area (Å²) in [5, 5.41) is 10.0. The second-order valence-corrected chi connectivity index (χ2v) is 4.99. The summed E-state index contributed by atoms with van der Waals surface area (Å²) in [6, 6.07) is 5.56. The van der Waals surface area contributed by atoms with Gasteiger partial charge in [-0.2, -0.15) is 0 Å². The fourth-order valence-electron chi connectivity index (χ4n) is 2.90. The number of piperidine rings is 1. The van der Waals surface area contributed by atoms with Crippen LogP contribution in [0, 0.1) is 0 Å². The van der Waals surface area contributed by atoms with Gasteiger partial charge in [0.25, 0.3) is 0 Å². The first-order valence-electron chi connectivity index (χ1n) is 6.67. The molecule has 0 aromatic carbocycles. The minimum Gasteiger partial charge on any atom is -0.494 e. The van der Waals surface area contributed by atoms with Crippen LogP contribution in [0.1, 0.15) is 31.5 Å². The fourth-order valence-corrected chi connectivity index (χ4v) is 2.90. The highest BCUT2D eigenvalue weighted by atomic mass is 16.3. The molecular weight excluding hydrogens is 226 g/mol. The predicted octanol–water partition coefficient (Wildman–Crippen LogP) is 2.24. The van der Waals surface area contributed by atoms with Gasteiger partial charge in [0.1, 0.15) is 5.82 Å². The highest BCUT2D eigenvalue weighted by molar-refractivity contribution is 5.49. The zero-order chi connectivity index (χ0) is 12.5. The highest BCUT2D eigenvalue weighted by Gasteiger charge is 2.24. The first-order chi connectivity index (χ1) is 8.79. The van der Waals surface area contributed by atoms with Gasteiger partial charge in [-0.05, 0) is 38.1 Å². The van der Waals surface area contributed by atoms with Crippen molar-refractivity contribution in [3.8, 4) is 5.88 Å². The van der Waals surface area contributed by atoms with Crippen molar-refractivity contribution < 1.29 is 5.11 Å². The number of hydrogen-bond acceptors (Lipinski definition) is 3. The van der Waals surface area contributed by atoms with E-state index in [1.807, 2.05) is 22.7 Å². The number of hydrogen-bond donors (Lipinski definition) is 1. The summed E-state index contributed by atoms with van der Waals surface area (Å²) in [5.41, 5.74) is 0.971. The van der Waals surface area contributed by atoms with Gasteiger partial charge in [-0.25, -0.2) is 4.98 Å². The Balaban J connectivity index is 1.99. The summed E-state index contributed by atoms with van der Waals surface area (Å²) in [5.74, 6) is 1.71. The van der Waals surface area contributed by atoms with E-state index in [0.29, 0.717) is 5.92 Å². The number of aromatic hydroxyl groups is 1. The summed E-state index contributed by atoms with van der Waals surface area (Å²) >= 11 is 0. The Kier molecular flexibility index (Phi) is 2.96. The van der Waals surface area contributed by atoms with E-state index in [1.54, 1.807) is 6.07 Å². The number of aromatic nitrogens is 2. The highest BCUT2D eigenvalue weighted by Crippen LogP contribution is 2.28. The van der Waals surface area contributed by atoms with Crippen LogP contribution in [0.3, 0.4) is 0 Å². The van der Waals surface area contributed by atoms with Crippen LogP contribution in [0.4, 0.5) is 0 Å². The number of likely N-dealkylation sites (tertiary alicyclic amines) is 1. The second-order valence-electron chi connectivity index (χ2n) is 4.99. The third kappa shape index (κ3) is 1.86. The van der Waals surface area contributed by atoms with Crippen LogP contribution in [0.2, 0.25) is 0 Å². The minimum absolute atomic E-state index is 0.286. The largest absolute Gasteiger partial charge is 0.494 e. The Hall–Kier alpha value is -1.55. The van der Waals surface area contributed by atoms with E-state index in [2.05, 4.69) is 16.8 Å². The van der Waals surface area contributed by atoms with E-state index >= 15 is 0 Å². The molecule has 0 saturated carbocycles. The second kappa shape index (κ2) is 4.61. The van der Waals surface area contributed by atoms with E-state index in [9.17, 15) is 5.11 Å². The fraction of sp³-hybridized carbons (Fsp3) is 0.500. The van der Waals surface area contributed by atoms with Crippen molar-refractivity contribution in [2.75, 3.05) is 19.6 Å². The van der Waals surface area contributed by atoms with Gasteiger partial charge in [-0.1, -0.05) is 13.0 Å². The molecule has 1 aliphatic rings. The van der Waals surface area contributed by atoms with Gasteiger partial charge in [0.05, 0.1) is 11.7 Å². The molecule has 2 aromatic rings. The molecule has 4 nitrogen and oxygen atoms in total. The van der Waals surface area contributed by atoms with E-state index in [1.165, 1.54) is 13.0 Å². The molecule has 1 saturated heterocycles. The molecule has 3 heterocycles. The molecule has 4 heteroatoms. The van der Waals surface area contributed by atoms with Gasteiger partial charge in [0, 0.05) is 12.5 Å². The SMILES string of the molecule is CCN1CCCC(c2ncc3cccc(O)n23)C1. The van der Waals surface area contributed by atoms with Gasteiger partial charge < -0.3 is 10.0 Å². The van der Waals surface area contributed by atoms with E-state index in [4.69, 9.17) is 0 Å². The van der Waals surface area contributed by atoms with Crippen molar-refractivity contribution in [2.24, 2.45) is 0 Å². The third-order valence-electron chi connectivity index (χ3n) is 3.88. The molecule has 2 aromatic heterocycles. The Bertz CT molecular complexity index is 549. The Morgan fingerprint density at radius 3 is 3.17 bits per heavy atom. The average Bonchev–Trinajstić information content (AvgIpc) is 2.84. The lowest BCUT2D eigenvalue weighted by atomic mass is 9.97. The van der Waals surface area contributed by atoms with E-state index < -0.39 is 0 Å². The molecule has 18 heavy (non-hydrogen) atoms. The lowest BCUT2D eigenvalue weighted by molar-refractivity contribution is 0.213. The maximum atomic E-state index is 10.0. The Morgan fingerprint density at radius 1 is 1.44 bits per heavy atom. The van der Waals surface area contributed by atoms with Crippen molar-refractivity contribution in [1.82, 2.24) is 14.3 Å². The maximum absolute atomic E-state index is 10.0. The first-order valence-corrected chi connectivity index (χ1v) is 6.67. The van der Waals surface area contributed by atoms with Gasteiger partial charge in [0.15, 0.2) is 5.88 Å². The quantitative estimate of drug-likeness (QED) is 0.882. The van der Waals surface area contributed by atoms with Crippen molar-refractivity contribution in [2.45, 2.75) is 25.7 Å². The molecule has 0 radical (unpaired) electrons. The first kappa shape index (κ1) is 11.5. The molecule has 0 amide bonds. The van der Waals surface area contributed by atoms with Gasteiger partial charge >= 0.3 is 0 Å². The molecule has 1 N–H and O–H groups in total. The van der Waals surface area contributed by atoms with E-state index in [-0.39, 0.29) is 5.88 Å². The zero-order valence-electron chi connectivity index (χ0n) is 10.7. The lowest BCUT2D eigenvalue weighted by Gasteiger charge is -2.31. The van der Waals surface area contributed by atoms with Crippen LogP contribution >= 0.6 is 0 Å². The van der Waals surface area contributed by atoms with Crippen LogP contribution in [-0.4, -0.2) is 39.0 Å². The molecule has 3 rings (SSSR count). The summed E-state index contributed by atoms with van der Waals surface area (Å²) in [6.07, 6.45) is 4.21. The number of imidazole rings is 1. The third-order valence-corrected chi connectivity index (χ3v) is 3.88. The van der Waals surface area contributed by atoms with Gasteiger partial charge in [-0.3, -0.25) is 4.40 Å². The van der Waals surface area contributed by atoms with E-state index in [0.717, 1.165) is 30.9 Å². The number of nitrogens with zero attached hydrogens (tertiary/aromatic N) is 3. The standard InChI is InChI=1S/C14H19N3O/c1-2-16-8-4-5-11(10-16)14-15-9-12-6-3-7-13(18)17(12)14/h3,6-7,9,11,18H,2,4-5,8,10H2,1H3. The summed E-state index contributed by atoms with van der Waals surface area (Å²) in [7, 11) is 0. The molecule has 1 unspecified atom stereocenters. The number of pyridine rings is 1. The molecule has 0 bridgehead atoms. The van der Waals surface area contributed by atoms with Crippen molar-refractivity contribution in [3.05, 3.63) is 30.2 Å². The maximum Gasteiger partial charge on any atom is 0.197 e. The molecule has 1 aliphatic heterocycles. The Morgan fingerprint density at radius 2 is 2.33 bits per heavy atom. The van der Waals surface area contributed by atoms with Crippen LogP contribution < -0.4 is 0 Å². The summed E-state index contributed by atoms with van der Waals surface area (Å²) in [4.78, 5) is 6.98. The van der Waals surface area contributed by atoms with Crippen LogP contribution in [0.25, 0.3) is 5.52 Å². The minimum atomic E-state index is 0.286. The topological polar surface area (TPSA) is 40.8 Å². The van der Waals surface area contributed by atoms with Crippen molar-refractivity contribution in [3.63, 3.8) is 0 Å². The number of fused-ring (bicyclic) bond motifs is 1.